The van der Waals surface area contributed by atoms with Crippen LogP contribution in [-0.2, 0) is 61.7 Å². The summed E-state index contributed by atoms with van der Waals surface area (Å²) in [5, 5.41) is 177. The molecule has 0 bridgehead atoms. The molecule has 0 aliphatic carbocycles. The van der Waals surface area contributed by atoms with E-state index in [0.717, 1.165) is 13.8 Å². The number of amides is 2. The van der Waals surface area contributed by atoms with Crippen LogP contribution in [0.1, 0.15) is 27.7 Å². The molecule has 6 heterocycles. The van der Waals surface area contributed by atoms with Crippen LogP contribution < -0.4 is 10.6 Å². The lowest BCUT2D eigenvalue weighted by Crippen LogP contribution is -2.71. The van der Waals surface area contributed by atoms with Crippen molar-refractivity contribution in [2.75, 3.05) is 26.4 Å². The summed E-state index contributed by atoms with van der Waals surface area (Å²) in [6.45, 7) is 0.730. The second-order valence-corrected chi connectivity index (χ2v) is 18.2. The average Bonchev–Trinajstić information content (AvgIpc) is 3.33. The fraction of sp³-hybridized carbons (Fsp3) is 0.950. The molecular formula is C40H68N2O29. The first-order valence-electron chi connectivity index (χ1n) is 22.8. The van der Waals surface area contributed by atoms with Gasteiger partial charge in [0.05, 0.1) is 38.6 Å². The largest absolute Gasteiger partial charge is 0.394 e. The molecule has 30 atom stereocenters. The highest BCUT2D eigenvalue weighted by Crippen LogP contribution is 2.38. The van der Waals surface area contributed by atoms with E-state index in [2.05, 4.69) is 10.6 Å². The van der Waals surface area contributed by atoms with Crippen molar-refractivity contribution in [3.05, 3.63) is 0 Å². The standard InChI is InChI=1S/C40H68N2O29/c1-9-19(49)23(53)26(56)37(61-9)67-30-15(7-45)63-35(60)17(41-11(3)47)32(30)69-40-29(59)34(22(52)14(6-44)65-40)71-36-18(42-12(4)48)33(70-38-27(57)24(54)20(50)10(2)62-38)31(16(8-46)66-36)68-39-28(58)25(55)21(51)13(5-43)64-39/h9-10,13-40,43-46,49-60H,5-8H2,1-4H3,(H,41,47)(H,42,48)/t9-,10-,13+,14+,15+,16+,17+,18+,19+,20+,21-,22-,23+,24+,25-,26-,27-,28+,29+,30+,31+,32+,33+,34-,35+,36-,37-,38-,39-,40-/m0/s1. The molecule has 0 aromatic carbocycles. The van der Waals surface area contributed by atoms with E-state index < -0.39 is 222 Å². The smallest absolute Gasteiger partial charge is 0.217 e. The third kappa shape index (κ3) is 12.4. The van der Waals surface area contributed by atoms with Gasteiger partial charge in [-0.3, -0.25) is 9.59 Å². The zero-order chi connectivity index (χ0) is 52.5. The zero-order valence-electron chi connectivity index (χ0n) is 38.6. The Morgan fingerprint density at radius 2 is 0.704 bits per heavy atom. The van der Waals surface area contributed by atoms with Gasteiger partial charge in [0, 0.05) is 13.8 Å². The Hall–Kier alpha value is -2.14. The maximum atomic E-state index is 13.0. The first-order chi connectivity index (χ1) is 33.5. The molecule has 0 radical (unpaired) electrons. The molecule has 6 fully saturated rings. The normalized spacial score (nSPS) is 50.8. The molecule has 6 saturated heterocycles. The number of carbonyl (C=O) groups is 2. The van der Waals surface area contributed by atoms with Gasteiger partial charge >= 0.3 is 0 Å². The number of rotatable bonds is 16. The Kier molecular flexibility index (Phi) is 20.2. The second-order valence-electron chi connectivity index (χ2n) is 18.2. The highest BCUT2D eigenvalue weighted by atomic mass is 16.8. The summed E-state index contributed by atoms with van der Waals surface area (Å²) in [7, 11) is 0. The van der Waals surface area contributed by atoms with Gasteiger partial charge in [-0.05, 0) is 13.8 Å². The maximum absolute atomic E-state index is 13.0. The SMILES string of the molecule is CC(=O)N[C@@H]1[C@@H](O[C@@H]2O[C@H](CO)[C@H](O)[C@H](O[C@@H]3O[C@H](CO)[C@@H](O[C@@H]4O[C@H](CO)[C@H](O)[C@H](O)[C@H]4O)[C@H](O[C@@H]4O[C@@H](C)[C@@H](O)[C@@H](O)[C@@H]4O)[C@H]3NC(C)=O)[C@H]2O)[C@H](O[C@@H]2O[C@@H](C)[C@@H](O)[C@@H](O)[C@@H]2O)[C@@H](CO)O[C@H]1O. The van der Waals surface area contributed by atoms with Crippen LogP contribution in [0, 0.1) is 0 Å². The van der Waals surface area contributed by atoms with Crippen LogP contribution in [0.25, 0.3) is 0 Å². The number of aliphatic hydroxyl groups excluding tert-OH is 16. The molecule has 0 saturated carbocycles. The Morgan fingerprint density at radius 3 is 1.15 bits per heavy atom. The van der Waals surface area contributed by atoms with Gasteiger partial charge in [-0.15, -0.1) is 0 Å². The van der Waals surface area contributed by atoms with Crippen molar-refractivity contribution >= 4 is 11.8 Å². The predicted octanol–water partition coefficient (Wildman–Crippen LogP) is -11.8. The van der Waals surface area contributed by atoms with Crippen molar-refractivity contribution in [1.82, 2.24) is 10.6 Å². The number of ether oxygens (including phenoxy) is 11. The van der Waals surface area contributed by atoms with Gasteiger partial charge < -0.3 is 144 Å². The predicted molar refractivity (Wildman–Crippen MR) is 220 cm³/mol. The minimum atomic E-state index is -2.26. The topological polar surface area (TPSA) is 483 Å². The van der Waals surface area contributed by atoms with Crippen LogP contribution in [-0.4, -0.2) is 304 Å². The summed E-state index contributed by atoms with van der Waals surface area (Å²) in [5.74, 6) is -1.67. The van der Waals surface area contributed by atoms with Gasteiger partial charge in [0.2, 0.25) is 11.8 Å². The third-order valence-electron chi connectivity index (χ3n) is 13.2. The second kappa shape index (κ2) is 24.7. The number of nitrogens with one attached hydrogen (secondary N) is 2. The first-order valence-corrected chi connectivity index (χ1v) is 22.8. The number of aliphatic hydroxyl groups is 16. The van der Waals surface area contributed by atoms with Crippen molar-refractivity contribution in [1.29, 1.82) is 0 Å². The molecule has 71 heavy (non-hydrogen) atoms. The molecule has 412 valence electrons. The van der Waals surface area contributed by atoms with Crippen molar-refractivity contribution < 1.29 is 143 Å². The van der Waals surface area contributed by atoms with Crippen molar-refractivity contribution in [3.8, 4) is 0 Å². The van der Waals surface area contributed by atoms with E-state index in [0.29, 0.717) is 0 Å². The van der Waals surface area contributed by atoms with Crippen LogP contribution in [0.3, 0.4) is 0 Å². The average molecular weight is 1040 g/mol. The molecule has 31 heteroatoms. The van der Waals surface area contributed by atoms with Crippen molar-refractivity contribution in [2.45, 2.75) is 212 Å². The lowest BCUT2D eigenvalue weighted by Gasteiger charge is -2.52. The first kappa shape index (κ1) is 58.1. The Morgan fingerprint density at radius 1 is 0.366 bits per heavy atom. The fourth-order valence-electron chi connectivity index (χ4n) is 9.19. The highest BCUT2D eigenvalue weighted by molar-refractivity contribution is 5.73. The van der Waals surface area contributed by atoms with Crippen LogP contribution in [0.2, 0.25) is 0 Å². The monoisotopic (exact) mass is 1040 g/mol. The van der Waals surface area contributed by atoms with Gasteiger partial charge in [0.15, 0.2) is 37.7 Å². The quantitative estimate of drug-likeness (QED) is 0.0682. The van der Waals surface area contributed by atoms with Gasteiger partial charge in [0.25, 0.3) is 0 Å². The number of carbonyl (C=O) groups excluding carboxylic acids is 2. The van der Waals surface area contributed by atoms with E-state index in [4.69, 9.17) is 52.1 Å². The minimum absolute atomic E-state index is 0.794. The summed E-state index contributed by atoms with van der Waals surface area (Å²) in [5.41, 5.74) is 0. The van der Waals surface area contributed by atoms with Crippen molar-refractivity contribution in [2.24, 2.45) is 0 Å². The van der Waals surface area contributed by atoms with E-state index >= 15 is 0 Å². The van der Waals surface area contributed by atoms with Gasteiger partial charge in [-0.25, -0.2) is 0 Å². The molecule has 18 N–H and O–H groups in total. The fourth-order valence-corrected chi connectivity index (χ4v) is 9.19. The molecule has 2 amide bonds. The molecule has 0 aromatic heterocycles. The third-order valence-corrected chi connectivity index (χ3v) is 13.2. The van der Waals surface area contributed by atoms with E-state index in [1.807, 2.05) is 0 Å². The molecular weight excluding hydrogens is 972 g/mol. The molecule has 6 aliphatic heterocycles. The van der Waals surface area contributed by atoms with E-state index in [1.54, 1.807) is 0 Å². The van der Waals surface area contributed by atoms with Gasteiger partial charge in [-0.2, -0.15) is 0 Å². The molecule has 6 rings (SSSR count). The van der Waals surface area contributed by atoms with Crippen LogP contribution >= 0.6 is 0 Å². The van der Waals surface area contributed by atoms with Gasteiger partial charge in [-0.1, -0.05) is 0 Å². The van der Waals surface area contributed by atoms with Crippen molar-refractivity contribution in [3.63, 3.8) is 0 Å². The van der Waals surface area contributed by atoms with E-state index in [1.165, 1.54) is 13.8 Å². The van der Waals surface area contributed by atoms with E-state index in [-0.39, 0.29) is 0 Å². The summed E-state index contributed by atoms with van der Waals surface area (Å²) in [4.78, 5) is 25.5. The number of hydrogen-bond acceptors (Lipinski definition) is 29. The lowest BCUT2D eigenvalue weighted by molar-refractivity contribution is -0.393. The Balaban J connectivity index is 1.36. The van der Waals surface area contributed by atoms with Crippen LogP contribution in [0.4, 0.5) is 0 Å². The Bertz CT molecular complexity index is 1710. The maximum Gasteiger partial charge on any atom is 0.217 e. The lowest BCUT2D eigenvalue weighted by atomic mass is 9.93. The molecule has 31 nitrogen and oxygen atoms in total. The summed E-state index contributed by atoms with van der Waals surface area (Å²) >= 11 is 0. The van der Waals surface area contributed by atoms with E-state index in [9.17, 15) is 91.3 Å². The summed E-state index contributed by atoms with van der Waals surface area (Å²) < 4.78 is 64.5. The zero-order valence-corrected chi connectivity index (χ0v) is 38.6. The van der Waals surface area contributed by atoms with Crippen LogP contribution in [0.15, 0.2) is 0 Å². The highest BCUT2D eigenvalue weighted by Gasteiger charge is 2.59. The minimum Gasteiger partial charge on any atom is -0.394 e. The summed E-state index contributed by atoms with van der Waals surface area (Å²) in [6.07, 6.45) is -51.4. The number of hydrogen-bond donors (Lipinski definition) is 18. The molecule has 0 unspecified atom stereocenters. The van der Waals surface area contributed by atoms with Crippen LogP contribution in [0.5, 0.6) is 0 Å². The van der Waals surface area contributed by atoms with Gasteiger partial charge in [0.1, 0.15) is 134 Å². The summed E-state index contributed by atoms with van der Waals surface area (Å²) in [6, 6.07) is -3.50. The molecule has 0 spiro atoms. The Labute approximate surface area is 403 Å². The molecule has 6 aliphatic rings. The molecule has 0 aromatic rings.